The summed E-state index contributed by atoms with van der Waals surface area (Å²) < 4.78 is 5.67. The second-order valence-corrected chi connectivity index (χ2v) is 5.99. The van der Waals surface area contributed by atoms with Gasteiger partial charge in [-0.25, -0.2) is 4.98 Å². The van der Waals surface area contributed by atoms with Gasteiger partial charge in [0.25, 0.3) is 0 Å². The van der Waals surface area contributed by atoms with Gasteiger partial charge in [0, 0.05) is 50.2 Å². The Morgan fingerprint density at radius 1 is 1.16 bits per heavy atom. The average molecular weight is 357 g/mol. The van der Waals surface area contributed by atoms with Crippen molar-refractivity contribution in [1.82, 2.24) is 20.2 Å². The lowest BCUT2D eigenvalue weighted by molar-refractivity contribution is 0.151. The number of nitrogens with zero attached hydrogens (tertiary/aromatic N) is 3. The summed E-state index contributed by atoms with van der Waals surface area (Å²) in [6, 6.07) is 14.4. The quantitative estimate of drug-likeness (QED) is 0.777. The molecule has 1 N–H and O–H groups in total. The fourth-order valence-corrected chi connectivity index (χ4v) is 3.14. The van der Waals surface area contributed by atoms with E-state index in [4.69, 9.17) is 4.42 Å². The lowest BCUT2D eigenvalue weighted by Crippen LogP contribution is -2.45. The summed E-state index contributed by atoms with van der Waals surface area (Å²) in [5.74, 6) is 0.679. The minimum absolute atomic E-state index is 0. The molecule has 4 rings (SSSR count). The molecule has 0 saturated carbocycles. The Balaban J connectivity index is 0.00000182. The molecule has 2 aromatic heterocycles. The Morgan fingerprint density at radius 3 is 2.84 bits per heavy atom. The van der Waals surface area contributed by atoms with E-state index in [1.54, 1.807) is 6.26 Å². The number of pyridine rings is 1. The van der Waals surface area contributed by atoms with Crippen molar-refractivity contribution >= 4 is 12.4 Å². The van der Waals surface area contributed by atoms with E-state index in [-0.39, 0.29) is 12.4 Å². The van der Waals surface area contributed by atoms with Crippen molar-refractivity contribution in [3.8, 4) is 11.5 Å². The molecule has 1 aliphatic rings. The number of piperazine rings is 1. The number of rotatable bonds is 4. The van der Waals surface area contributed by atoms with Crippen LogP contribution in [0.25, 0.3) is 11.5 Å². The molecular weight excluding hydrogens is 336 g/mol. The number of oxazole rings is 1. The van der Waals surface area contributed by atoms with Crippen molar-refractivity contribution in [2.75, 3.05) is 19.6 Å². The van der Waals surface area contributed by atoms with E-state index >= 15 is 0 Å². The maximum Gasteiger partial charge on any atom is 0.226 e. The van der Waals surface area contributed by atoms with E-state index in [1.165, 1.54) is 5.56 Å². The maximum atomic E-state index is 5.67. The highest BCUT2D eigenvalue weighted by molar-refractivity contribution is 5.85. The van der Waals surface area contributed by atoms with Crippen LogP contribution in [0, 0.1) is 0 Å². The summed E-state index contributed by atoms with van der Waals surface area (Å²) >= 11 is 0. The molecule has 130 valence electrons. The molecule has 6 heteroatoms. The van der Waals surface area contributed by atoms with Crippen LogP contribution in [0.4, 0.5) is 0 Å². The van der Waals surface area contributed by atoms with Gasteiger partial charge in [0.05, 0.1) is 5.69 Å². The molecule has 0 bridgehead atoms. The van der Waals surface area contributed by atoms with Crippen molar-refractivity contribution in [2.24, 2.45) is 0 Å². The first kappa shape index (κ1) is 17.6. The van der Waals surface area contributed by atoms with E-state index < -0.39 is 0 Å². The van der Waals surface area contributed by atoms with Crippen LogP contribution < -0.4 is 5.32 Å². The molecule has 1 aliphatic heterocycles. The summed E-state index contributed by atoms with van der Waals surface area (Å²) in [5.41, 5.74) is 3.20. The number of hydrogen-bond donors (Lipinski definition) is 1. The molecule has 3 aromatic rings. The van der Waals surface area contributed by atoms with E-state index in [2.05, 4.69) is 26.3 Å². The Morgan fingerprint density at radius 2 is 2.04 bits per heavy atom. The zero-order valence-corrected chi connectivity index (χ0v) is 14.7. The SMILES string of the molecule is Cl.c1ccc(-c2nc(CN3CCNCC3c3cccnc3)co2)cc1. The zero-order chi connectivity index (χ0) is 16.2. The third-order valence-electron chi connectivity index (χ3n) is 4.36. The molecule has 1 atom stereocenters. The summed E-state index contributed by atoms with van der Waals surface area (Å²) in [7, 11) is 0. The van der Waals surface area contributed by atoms with Crippen LogP contribution in [0.5, 0.6) is 0 Å². The van der Waals surface area contributed by atoms with Crippen LogP contribution in [0.15, 0.2) is 65.5 Å². The average Bonchev–Trinajstić information content (AvgIpc) is 3.12. The topological polar surface area (TPSA) is 54.2 Å². The Hall–Kier alpha value is -2.21. The minimum atomic E-state index is 0. The van der Waals surface area contributed by atoms with Gasteiger partial charge in [-0.3, -0.25) is 9.88 Å². The number of aromatic nitrogens is 2. The fourth-order valence-electron chi connectivity index (χ4n) is 3.14. The van der Waals surface area contributed by atoms with E-state index in [0.717, 1.165) is 37.4 Å². The molecule has 5 nitrogen and oxygen atoms in total. The second-order valence-electron chi connectivity index (χ2n) is 5.99. The van der Waals surface area contributed by atoms with Crippen molar-refractivity contribution in [1.29, 1.82) is 0 Å². The van der Waals surface area contributed by atoms with Crippen molar-refractivity contribution in [2.45, 2.75) is 12.6 Å². The first-order valence-electron chi connectivity index (χ1n) is 8.25. The minimum Gasteiger partial charge on any atom is -0.444 e. The second kappa shape index (κ2) is 8.25. The summed E-state index contributed by atoms with van der Waals surface area (Å²) in [6.45, 7) is 3.67. The van der Waals surface area contributed by atoms with Gasteiger partial charge >= 0.3 is 0 Å². The van der Waals surface area contributed by atoms with Crippen molar-refractivity contribution < 1.29 is 4.42 Å². The first-order chi connectivity index (χ1) is 11.9. The van der Waals surface area contributed by atoms with Crippen LogP contribution in [-0.2, 0) is 6.54 Å². The van der Waals surface area contributed by atoms with E-state index in [1.807, 2.05) is 48.8 Å². The molecule has 1 unspecified atom stereocenters. The fraction of sp³-hybridized carbons (Fsp3) is 0.263. The standard InChI is InChI=1S/C19H20N4O.ClH/c1-2-5-15(6-3-1)19-22-17(14-24-19)13-23-10-9-21-12-18(23)16-7-4-8-20-11-16;/h1-8,11,14,18,21H,9-10,12-13H2;1H. The number of halogens is 1. The van der Waals surface area contributed by atoms with Gasteiger partial charge in [-0.2, -0.15) is 0 Å². The molecule has 0 spiro atoms. The Bertz CT molecular complexity index is 778. The molecule has 0 amide bonds. The number of benzene rings is 1. The molecular formula is C19H21ClN4O. The van der Waals surface area contributed by atoms with Crippen molar-refractivity contribution in [3.63, 3.8) is 0 Å². The normalized spacial score (nSPS) is 17.8. The predicted molar refractivity (Wildman–Crippen MR) is 99.4 cm³/mol. The highest BCUT2D eigenvalue weighted by Gasteiger charge is 2.24. The van der Waals surface area contributed by atoms with Crippen LogP contribution in [0.1, 0.15) is 17.3 Å². The van der Waals surface area contributed by atoms with Gasteiger partial charge in [0.15, 0.2) is 0 Å². The van der Waals surface area contributed by atoms with Crippen LogP contribution >= 0.6 is 12.4 Å². The molecule has 3 heterocycles. The lowest BCUT2D eigenvalue weighted by Gasteiger charge is -2.35. The highest BCUT2D eigenvalue weighted by atomic mass is 35.5. The third-order valence-corrected chi connectivity index (χ3v) is 4.36. The maximum absolute atomic E-state index is 5.67. The predicted octanol–water partition coefficient (Wildman–Crippen LogP) is 3.30. The summed E-state index contributed by atoms with van der Waals surface area (Å²) in [4.78, 5) is 11.3. The van der Waals surface area contributed by atoms with E-state index in [9.17, 15) is 0 Å². The van der Waals surface area contributed by atoms with Gasteiger partial charge in [0.2, 0.25) is 5.89 Å². The lowest BCUT2D eigenvalue weighted by atomic mass is 10.1. The highest BCUT2D eigenvalue weighted by Crippen LogP contribution is 2.24. The van der Waals surface area contributed by atoms with Crippen LogP contribution in [0.3, 0.4) is 0 Å². The van der Waals surface area contributed by atoms with Gasteiger partial charge in [0.1, 0.15) is 6.26 Å². The third kappa shape index (κ3) is 4.07. The van der Waals surface area contributed by atoms with Gasteiger partial charge < -0.3 is 9.73 Å². The molecule has 0 radical (unpaired) electrons. The van der Waals surface area contributed by atoms with Crippen LogP contribution in [0.2, 0.25) is 0 Å². The molecule has 0 aliphatic carbocycles. The Kier molecular flexibility index (Phi) is 5.81. The molecule has 25 heavy (non-hydrogen) atoms. The van der Waals surface area contributed by atoms with Gasteiger partial charge in [-0.05, 0) is 23.8 Å². The first-order valence-corrected chi connectivity index (χ1v) is 8.25. The molecule has 1 saturated heterocycles. The number of hydrogen-bond acceptors (Lipinski definition) is 5. The smallest absolute Gasteiger partial charge is 0.226 e. The van der Waals surface area contributed by atoms with Gasteiger partial charge in [-0.15, -0.1) is 12.4 Å². The molecule has 1 aromatic carbocycles. The number of nitrogens with one attached hydrogen (secondary N) is 1. The molecule has 1 fully saturated rings. The monoisotopic (exact) mass is 356 g/mol. The largest absolute Gasteiger partial charge is 0.444 e. The van der Waals surface area contributed by atoms with Gasteiger partial charge in [-0.1, -0.05) is 24.3 Å². The Labute approximate surface area is 153 Å². The van der Waals surface area contributed by atoms with Crippen LogP contribution in [-0.4, -0.2) is 34.5 Å². The van der Waals surface area contributed by atoms with E-state index in [0.29, 0.717) is 11.9 Å². The zero-order valence-electron chi connectivity index (χ0n) is 13.8. The summed E-state index contributed by atoms with van der Waals surface area (Å²) in [5, 5.41) is 3.47. The van der Waals surface area contributed by atoms with Crippen molar-refractivity contribution in [3.05, 3.63) is 72.4 Å². The summed E-state index contributed by atoms with van der Waals surface area (Å²) in [6.07, 6.45) is 5.53.